The number of carbonyl (C=O) groups excluding carboxylic acids is 2. The van der Waals surface area contributed by atoms with Gasteiger partial charge in [-0.3, -0.25) is 18.6 Å². The summed E-state index contributed by atoms with van der Waals surface area (Å²) >= 11 is 0. The molecular formula is C48H81NO8P+. The predicted molar refractivity (Wildman–Crippen MR) is 242 cm³/mol. The highest BCUT2D eigenvalue weighted by Gasteiger charge is 2.27. The minimum atomic E-state index is -4.41. The molecule has 1 N–H and O–H groups in total. The molecule has 0 saturated carbocycles. The summed E-state index contributed by atoms with van der Waals surface area (Å²) in [5.74, 6) is -0.941. The van der Waals surface area contributed by atoms with Gasteiger partial charge in [0.25, 0.3) is 0 Å². The number of esters is 2. The van der Waals surface area contributed by atoms with Gasteiger partial charge in [0.15, 0.2) is 6.10 Å². The van der Waals surface area contributed by atoms with Gasteiger partial charge >= 0.3 is 19.8 Å². The number of phosphoric ester groups is 1. The molecular weight excluding hydrogens is 750 g/mol. The van der Waals surface area contributed by atoms with E-state index in [1.54, 1.807) is 0 Å². The number of likely N-dealkylation sites (N-methyl/N-ethyl adjacent to an activating group) is 1. The molecule has 330 valence electrons. The topological polar surface area (TPSA) is 108 Å². The molecule has 0 rings (SSSR count). The molecule has 0 heterocycles. The minimum Gasteiger partial charge on any atom is -0.462 e. The number of hydrogen-bond acceptors (Lipinski definition) is 7. The first-order valence-electron chi connectivity index (χ1n) is 22.0. The number of hydrogen-bond donors (Lipinski definition) is 1. The molecule has 0 fully saturated rings. The number of rotatable bonds is 38. The normalized spacial score (nSPS) is 14.5. The highest BCUT2D eigenvalue weighted by molar-refractivity contribution is 7.47. The zero-order valence-electron chi connectivity index (χ0n) is 37.0. The van der Waals surface area contributed by atoms with Gasteiger partial charge < -0.3 is 18.9 Å². The third-order valence-corrected chi connectivity index (χ3v) is 9.57. The van der Waals surface area contributed by atoms with Crippen LogP contribution in [-0.4, -0.2) is 74.9 Å². The molecule has 2 atom stereocenters. The molecule has 58 heavy (non-hydrogen) atoms. The quantitative estimate of drug-likeness (QED) is 0.0215. The second-order valence-electron chi connectivity index (χ2n) is 15.4. The van der Waals surface area contributed by atoms with Crippen molar-refractivity contribution in [2.45, 2.75) is 148 Å². The second kappa shape index (κ2) is 39.4. The smallest absolute Gasteiger partial charge is 0.462 e. The molecule has 0 aliphatic heterocycles. The van der Waals surface area contributed by atoms with Crippen LogP contribution in [0.1, 0.15) is 142 Å². The third-order valence-electron chi connectivity index (χ3n) is 8.59. The second-order valence-corrected chi connectivity index (χ2v) is 16.8. The molecule has 0 aromatic heterocycles. The molecule has 0 aromatic carbocycles. The fourth-order valence-corrected chi connectivity index (χ4v) is 5.86. The Kier molecular flexibility index (Phi) is 37.3. The average molecular weight is 831 g/mol. The first-order chi connectivity index (χ1) is 28.0. The summed E-state index contributed by atoms with van der Waals surface area (Å²) in [6.07, 6.45) is 51.8. The molecule has 0 aliphatic rings. The zero-order chi connectivity index (χ0) is 42.8. The maximum absolute atomic E-state index is 12.7. The Bertz CT molecular complexity index is 1300. The summed E-state index contributed by atoms with van der Waals surface area (Å²) in [5, 5.41) is 0. The van der Waals surface area contributed by atoms with Gasteiger partial charge in [-0.1, -0.05) is 137 Å². The first kappa shape index (κ1) is 54.9. The van der Waals surface area contributed by atoms with E-state index in [0.29, 0.717) is 30.3 Å². The molecule has 1 unspecified atom stereocenters. The SMILES string of the molecule is CCCCCC=CCC=CCC=CCC=CCCCC(=O)OC[C@H](COP(=O)(O)OCC[N+](C)(C)C)OC(=O)CCCC=CCC=CCC=CCC=CCCCCC. The van der Waals surface area contributed by atoms with Gasteiger partial charge in [-0.15, -0.1) is 0 Å². The Labute approximate surface area is 353 Å². The van der Waals surface area contributed by atoms with Crippen molar-refractivity contribution in [2.75, 3.05) is 47.5 Å². The molecule has 0 aromatic rings. The van der Waals surface area contributed by atoms with Crippen LogP contribution in [0, 0.1) is 0 Å². The predicted octanol–water partition coefficient (Wildman–Crippen LogP) is 12.6. The summed E-state index contributed by atoms with van der Waals surface area (Å²) in [6, 6.07) is 0. The standard InChI is InChI=1S/C48H80NO8P/c1-6-8-10-12-14-16-18-20-22-24-26-28-30-32-34-36-38-40-47(50)54-44-46(45-56-58(52,53)55-43-42-49(3,4)5)57-48(51)41-39-37-35-33-31-29-27-25-23-21-19-17-15-13-11-9-7-2/h14-17,20-23,26-29,32-35,46H,6-13,18-19,24-25,30-31,36-45H2,1-5H3/p+1/t46-/m1/s1. The van der Waals surface area contributed by atoms with Crippen LogP contribution in [0.5, 0.6) is 0 Å². The van der Waals surface area contributed by atoms with Crippen molar-refractivity contribution in [3.8, 4) is 0 Å². The van der Waals surface area contributed by atoms with Gasteiger partial charge in [0.1, 0.15) is 19.8 Å². The van der Waals surface area contributed by atoms with E-state index in [4.69, 9.17) is 18.5 Å². The van der Waals surface area contributed by atoms with Crippen molar-refractivity contribution < 1.29 is 42.1 Å². The molecule has 0 spiro atoms. The van der Waals surface area contributed by atoms with Crippen molar-refractivity contribution in [3.63, 3.8) is 0 Å². The van der Waals surface area contributed by atoms with Crippen LogP contribution in [0.4, 0.5) is 0 Å². The van der Waals surface area contributed by atoms with E-state index in [9.17, 15) is 19.0 Å². The van der Waals surface area contributed by atoms with E-state index in [0.717, 1.165) is 44.9 Å². The Hall–Kier alpha value is -3.07. The lowest BCUT2D eigenvalue weighted by Gasteiger charge is -2.24. The van der Waals surface area contributed by atoms with E-state index in [1.165, 1.54) is 51.4 Å². The van der Waals surface area contributed by atoms with Crippen molar-refractivity contribution in [2.24, 2.45) is 0 Å². The average Bonchev–Trinajstić information content (AvgIpc) is 3.17. The number of carbonyl (C=O) groups is 2. The molecule has 9 nitrogen and oxygen atoms in total. The lowest BCUT2D eigenvalue weighted by molar-refractivity contribution is -0.870. The molecule has 0 radical (unpaired) electrons. The number of phosphoric acid groups is 1. The molecule has 0 bridgehead atoms. The number of quaternary nitrogens is 1. The number of ether oxygens (including phenoxy) is 2. The number of unbranched alkanes of at least 4 members (excludes halogenated alkanes) is 8. The van der Waals surface area contributed by atoms with Crippen LogP contribution in [0.2, 0.25) is 0 Å². The summed E-state index contributed by atoms with van der Waals surface area (Å²) in [7, 11) is 1.40. The Morgan fingerprint density at radius 2 is 0.914 bits per heavy atom. The Balaban J connectivity index is 4.58. The lowest BCUT2D eigenvalue weighted by Crippen LogP contribution is -2.37. The monoisotopic (exact) mass is 831 g/mol. The van der Waals surface area contributed by atoms with E-state index in [-0.39, 0.29) is 26.1 Å². The van der Waals surface area contributed by atoms with E-state index >= 15 is 0 Å². The van der Waals surface area contributed by atoms with Gasteiger partial charge in [0.05, 0.1) is 27.7 Å². The van der Waals surface area contributed by atoms with E-state index < -0.39 is 32.5 Å². The molecule has 0 amide bonds. The summed E-state index contributed by atoms with van der Waals surface area (Å²) < 4.78 is 34.2. The summed E-state index contributed by atoms with van der Waals surface area (Å²) in [4.78, 5) is 35.3. The maximum Gasteiger partial charge on any atom is 0.472 e. The summed E-state index contributed by atoms with van der Waals surface area (Å²) in [5.41, 5.74) is 0. The van der Waals surface area contributed by atoms with Crippen LogP contribution in [-0.2, 0) is 32.7 Å². The van der Waals surface area contributed by atoms with E-state index in [1.807, 2.05) is 33.3 Å². The van der Waals surface area contributed by atoms with Crippen LogP contribution in [0.3, 0.4) is 0 Å². The fourth-order valence-electron chi connectivity index (χ4n) is 5.11. The number of allylic oxidation sites excluding steroid dienone is 16. The van der Waals surface area contributed by atoms with Gasteiger partial charge in [0, 0.05) is 12.8 Å². The van der Waals surface area contributed by atoms with Gasteiger partial charge in [-0.05, 0) is 89.9 Å². The van der Waals surface area contributed by atoms with Crippen LogP contribution < -0.4 is 0 Å². The van der Waals surface area contributed by atoms with Crippen molar-refractivity contribution in [1.82, 2.24) is 0 Å². The highest BCUT2D eigenvalue weighted by Crippen LogP contribution is 2.43. The van der Waals surface area contributed by atoms with Crippen molar-refractivity contribution in [1.29, 1.82) is 0 Å². The maximum atomic E-state index is 12.7. The van der Waals surface area contributed by atoms with Crippen LogP contribution >= 0.6 is 7.82 Å². The zero-order valence-corrected chi connectivity index (χ0v) is 37.9. The van der Waals surface area contributed by atoms with Gasteiger partial charge in [-0.2, -0.15) is 0 Å². The largest absolute Gasteiger partial charge is 0.472 e. The van der Waals surface area contributed by atoms with Crippen LogP contribution in [0.15, 0.2) is 97.2 Å². The first-order valence-corrected chi connectivity index (χ1v) is 23.5. The number of nitrogens with zero attached hydrogens (tertiary/aromatic N) is 1. The lowest BCUT2D eigenvalue weighted by atomic mass is 10.2. The van der Waals surface area contributed by atoms with Gasteiger partial charge in [0.2, 0.25) is 0 Å². The molecule has 10 heteroatoms. The Morgan fingerprint density at radius 3 is 1.31 bits per heavy atom. The minimum absolute atomic E-state index is 0.00758. The van der Waals surface area contributed by atoms with Crippen LogP contribution in [0.25, 0.3) is 0 Å². The van der Waals surface area contributed by atoms with E-state index in [2.05, 4.69) is 98.9 Å². The summed E-state index contributed by atoms with van der Waals surface area (Å²) in [6.45, 7) is 4.21. The fraction of sp³-hybridized carbons (Fsp3) is 0.625. The Morgan fingerprint density at radius 1 is 0.534 bits per heavy atom. The van der Waals surface area contributed by atoms with Crippen molar-refractivity contribution in [3.05, 3.63) is 97.2 Å². The van der Waals surface area contributed by atoms with Gasteiger partial charge in [-0.25, -0.2) is 4.57 Å². The molecule has 0 saturated heterocycles. The van der Waals surface area contributed by atoms with Crippen molar-refractivity contribution >= 4 is 19.8 Å². The third kappa shape index (κ3) is 42.5. The highest BCUT2D eigenvalue weighted by atomic mass is 31.2. The molecule has 0 aliphatic carbocycles.